The van der Waals surface area contributed by atoms with Crippen LogP contribution in [0.3, 0.4) is 0 Å². The Bertz CT molecular complexity index is 800. The quantitative estimate of drug-likeness (QED) is 0.427. The molecule has 2 N–H and O–H groups in total. The first-order chi connectivity index (χ1) is 12.5. The van der Waals surface area contributed by atoms with E-state index in [2.05, 4.69) is 37.0 Å². The number of carbonyl (C=O) groups is 1. The van der Waals surface area contributed by atoms with Crippen molar-refractivity contribution in [3.8, 4) is 0 Å². The van der Waals surface area contributed by atoms with Crippen LogP contribution in [0.4, 0.5) is 13.2 Å². The Morgan fingerprint density at radius 1 is 1.33 bits per heavy atom. The zero-order valence-electron chi connectivity index (χ0n) is 15.6. The Kier molecular flexibility index (Phi) is 5.76. The summed E-state index contributed by atoms with van der Waals surface area (Å²) in [6.07, 6.45) is -2.74. The molecular formula is C17H22F3N5O2. The number of nitrogens with one attached hydrogen (secondary N) is 2. The van der Waals surface area contributed by atoms with Gasteiger partial charge in [-0.3, -0.25) is 4.79 Å². The van der Waals surface area contributed by atoms with E-state index < -0.39 is 18.0 Å². The van der Waals surface area contributed by atoms with Gasteiger partial charge in [0, 0.05) is 16.7 Å². The van der Waals surface area contributed by atoms with Crippen LogP contribution in [-0.4, -0.2) is 28.3 Å². The van der Waals surface area contributed by atoms with E-state index in [1.54, 1.807) is 20.8 Å². The molecule has 0 radical (unpaired) electrons. The molecule has 0 bridgehead atoms. The fraction of sp³-hybridized carbons (Fsp3) is 0.529. The fourth-order valence-electron chi connectivity index (χ4n) is 2.43. The number of allylic oxidation sites excluding steroid dienone is 1. The number of aliphatic imine (C=N–C) groups is 1. The minimum atomic E-state index is -4.73. The third-order valence-electron chi connectivity index (χ3n) is 4.15. The molecule has 7 nitrogen and oxygen atoms in total. The van der Waals surface area contributed by atoms with E-state index in [-0.39, 0.29) is 17.9 Å². The SMILES string of the molecule is C=N/C(NC1(C)CC1)=C(\C)C(C(=O)NCc1noc(C(F)(F)F)n1)=C(C)C. The lowest BCUT2D eigenvalue weighted by atomic mass is 10.0. The van der Waals surface area contributed by atoms with Gasteiger partial charge < -0.3 is 15.2 Å². The second-order valence-corrected chi connectivity index (χ2v) is 6.89. The molecule has 27 heavy (non-hydrogen) atoms. The average molecular weight is 385 g/mol. The summed E-state index contributed by atoms with van der Waals surface area (Å²) in [6, 6.07) is 0. The molecule has 148 valence electrons. The summed E-state index contributed by atoms with van der Waals surface area (Å²) in [4.78, 5) is 19.8. The molecule has 0 aliphatic heterocycles. The van der Waals surface area contributed by atoms with Gasteiger partial charge in [-0.25, -0.2) is 4.99 Å². The van der Waals surface area contributed by atoms with Crippen molar-refractivity contribution in [3.63, 3.8) is 0 Å². The van der Waals surface area contributed by atoms with Gasteiger partial charge in [0.1, 0.15) is 5.82 Å². The molecular weight excluding hydrogens is 363 g/mol. The molecule has 2 rings (SSSR count). The average Bonchev–Trinajstić information content (AvgIpc) is 3.09. The van der Waals surface area contributed by atoms with E-state index in [1.165, 1.54) is 0 Å². The van der Waals surface area contributed by atoms with Crippen LogP contribution in [0.25, 0.3) is 0 Å². The summed E-state index contributed by atoms with van der Waals surface area (Å²) in [5.74, 6) is -1.70. The standard InChI is InChI=1S/C17H22F3N5O2/c1-9(2)12(10(3)13(21-5)24-16(4)6-7-16)14(26)22-8-11-23-15(27-25-11)17(18,19)20/h24H,5-8H2,1-4H3,(H,22,26)/b13-10-. The second-order valence-electron chi connectivity index (χ2n) is 6.89. The number of hydrogen-bond acceptors (Lipinski definition) is 6. The van der Waals surface area contributed by atoms with Crippen molar-refractivity contribution >= 4 is 12.6 Å². The maximum atomic E-state index is 12.6. The van der Waals surface area contributed by atoms with Crippen LogP contribution >= 0.6 is 0 Å². The highest BCUT2D eigenvalue weighted by atomic mass is 19.4. The highest BCUT2D eigenvalue weighted by Crippen LogP contribution is 2.36. The number of aromatic nitrogens is 2. The smallest absolute Gasteiger partial charge is 0.365 e. The van der Waals surface area contributed by atoms with Crippen LogP contribution in [0.5, 0.6) is 0 Å². The van der Waals surface area contributed by atoms with Gasteiger partial charge in [0.05, 0.1) is 6.54 Å². The van der Waals surface area contributed by atoms with Crippen molar-refractivity contribution in [1.82, 2.24) is 20.8 Å². The normalized spacial score (nSPS) is 16.3. The molecule has 0 atom stereocenters. The summed E-state index contributed by atoms with van der Waals surface area (Å²) in [7, 11) is 0. The number of carbonyl (C=O) groups excluding carboxylic acids is 1. The largest absolute Gasteiger partial charge is 0.471 e. The predicted octanol–water partition coefficient (Wildman–Crippen LogP) is 3.12. The molecule has 0 spiro atoms. The van der Waals surface area contributed by atoms with E-state index in [4.69, 9.17) is 0 Å². The molecule has 1 aliphatic carbocycles. The van der Waals surface area contributed by atoms with Gasteiger partial charge in [0.15, 0.2) is 5.82 Å². The van der Waals surface area contributed by atoms with E-state index in [9.17, 15) is 18.0 Å². The van der Waals surface area contributed by atoms with Crippen LogP contribution in [0.15, 0.2) is 32.1 Å². The minimum absolute atomic E-state index is 0.0559. The molecule has 10 heteroatoms. The van der Waals surface area contributed by atoms with Gasteiger partial charge in [0.25, 0.3) is 5.91 Å². The van der Waals surface area contributed by atoms with Crippen molar-refractivity contribution in [2.75, 3.05) is 0 Å². The molecule has 0 unspecified atom stereocenters. The summed E-state index contributed by atoms with van der Waals surface area (Å²) in [6.45, 7) is 10.5. The maximum Gasteiger partial charge on any atom is 0.471 e. The fourth-order valence-corrected chi connectivity index (χ4v) is 2.43. The van der Waals surface area contributed by atoms with E-state index >= 15 is 0 Å². The Morgan fingerprint density at radius 3 is 2.41 bits per heavy atom. The molecule has 1 aromatic rings. The van der Waals surface area contributed by atoms with E-state index in [0.29, 0.717) is 17.0 Å². The number of halogens is 3. The molecule has 1 fully saturated rings. The van der Waals surface area contributed by atoms with Crippen LogP contribution in [0, 0.1) is 0 Å². The van der Waals surface area contributed by atoms with Gasteiger partial charge in [0.2, 0.25) is 0 Å². The first-order valence-electron chi connectivity index (χ1n) is 8.28. The molecule has 1 amide bonds. The van der Waals surface area contributed by atoms with Gasteiger partial charge in [-0.1, -0.05) is 10.7 Å². The van der Waals surface area contributed by atoms with E-state index in [1.807, 2.05) is 6.92 Å². The van der Waals surface area contributed by atoms with Crippen LogP contribution in [0.1, 0.15) is 52.3 Å². The summed E-state index contributed by atoms with van der Waals surface area (Å²) in [5, 5.41) is 9.00. The van der Waals surface area contributed by atoms with Gasteiger partial charge in [-0.05, 0) is 47.3 Å². The van der Waals surface area contributed by atoms with Crippen molar-refractivity contribution < 1.29 is 22.5 Å². The highest BCUT2D eigenvalue weighted by Gasteiger charge is 2.39. The van der Waals surface area contributed by atoms with E-state index in [0.717, 1.165) is 18.4 Å². The Balaban J connectivity index is 2.14. The Labute approximate surface area is 154 Å². The lowest BCUT2D eigenvalue weighted by Crippen LogP contribution is -2.30. The van der Waals surface area contributed by atoms with Gasteiger partial charge >= 0.3 is 12.1 Å². The monoisotopic (exact) mass is 385 g/mol. The van der Waals surface area contributed by atoms with Gasteiger partial charge in [-0.2, -0.15) is 18.2 Å². The first-order valence-corrected chi connectivity index (χ1v) is 8.28. The predicted molar refractivity (Wildman–Crippen MR) is 92.5 cm³/mol. The van der Waals surface area contributed by atoms with Crippen molar-refractivity contribution in [2.24, 2.45) is 4.99 Å². The second kappa shape index (κ2) is 7.53. The zero-order chi connectivity index (χ0) is 20.4. The third-order valence-corrected chi connectivity index (χ3v) is 4.15. The lowest BCUT2D eigenvalue weighted by molar-refractivity contribution is -0.159. The molecule has 1 aromatic heterocycles. The summed E-state index contributed by atoms with van der Waals surface area (Å²) in [5.41, 5.74) is 1.63. The zero-order valence-corrected chi connectivity index (χ0v) is 15.6. The molecule has 0 aromatic carbocycles. The summed E-state index contributed by atoms with van der Waals surface area (Å²) >= 11 is 0. The van der Waals surface area contributed by atoms with Crippen molar-refractivity contribution in [2.45, 2.75) is 58.8 Å². The first kappa shape index (κ1) is 20.7. The number of hydrogen-bond donors (Lipinski definition) is 2. The molecule has 1 heterocycles. The number of alkyl halides is 3. The minimum Gasteiger partial charge on any atom is -0.365 e. The summed E-state index contributed by atoms with van der Waals surface area (Å²) < 4.78 is 41.6. The maximum absolute atomic E-state index is 12.6. The van der Waals surface area contributed by atoms with Crippen LogP contribution in [-0.2, 0) is 17.5 Å². The van der Waals surface area contributed by atoms with Crippen LogP contribution in [0.2, 0.25) is 0 Å². The highest BCUT2D eigenvalue weighted by molar-refractivity contribution is 5.98. The topological polar surface area (TPSA) is 92.4 Å². The number of nitrogens with zero attached hydrogens (tertiary/aromatic N) is 3. The van der Waals surface area contributed by atoms with Crippen molar-refractivity contribution in [3.05, 3.63) is 34.3 Å². The molecule has 1 saturated carbocycles. The Hall–Kier alpha value is -2.65. The molecule has 0 saturated heterocycles. The third kappa shape index (κ3) is 5.18. The van der Waals surface area contributed by atoms with Gasteiger partial charge in [-0.15, -0.1) is 0 Å². The number of amides is 1. The van der Waals surface area contributed by atoms with Crippen molar-refractivity contribution in [1.29, 1.82) is 0 Å². The van der Waals surface area contributed by atoms with Crippen LogP contribution < -0.4 is 10.6 Å². The molecule has 1 aliphatic rings. The number of rotatable bonds is 7. The Morgan fingerprint density at radius 2 is 1.96 bits per heavy atom. The lowest BCUT2D eigenvalue weighted by Gasteiger charge is -2.18.